The third-order valence-corrected chi connectivity index (χ3v) is 6.83. The Morgan fingerprint density at radius 3 is 2.10 bits per heavy atom. The van der Waals surface area contributed by atoms with E-state index in [1.165, 1.54) is 16.4 Å². The molecule has 10 heteroatoms. The molecule has 0 aliphatic carbocycles. The van der Waals surface area contributed by atoms with E-state index in [4.69, 9.17) is 0 Å². The molecule has 31 heavy (non-hydrogen) atoms. The number of halogens is 3. The first-order chi connectivity index (χ1) is 14.6. The maximum absolute atomic E-state index is 12.8. The van der Waals surface area contributed by atoms with Gasteiger partial charge in [0.05, 0.1) is 11.5 Å². The lowest BCUT2D eigenvalue weighted by atomic mass is 10.1. The molecule has 1 amide bonds. The highest BCUT2D eigenvalue weighted by Crippen LogP contribution is 2.20. The van der Waals surface area contributed by atoms with Gasteiger partial charge in [0.25, 0.3) is 5.91 Å². The fourth-order valence-corrected chi connectivity index (χ4v) is 4.62. The average Bonchev–Trinajstić information content (AvgIpc) is 2.73. The Kier molecular flexibility index (Phi) is 7.03. The van der Waals surface area contributed by atoms with Crippen molar-refractivity contribution in [2.75, 3.05) is 32.8 Å². The SMILES string of the molecule is Cc1ccc(S(=O)(=O)N2CCN(C(=O)c3ccc(COCC(F)(F)F)cc3)CC2)cc1. The number of carbonyl (C=O) groups is 1. The normalized spacial score (nSPS) is 15.8. The Balaban J connectivity index is 1.55. The zero-order valence-corrected chi connectivity index (χ0v) is 17.7. The molecule has 2 aromatic rings. The van der Waals surface area contributed by atoms with Gasteiger partial charge in [0.2, 0.25) is 10.0 Å². The Hall–Kier alpha value is -2.43. The maximum Gasteiger partial charge on any atom is 0.411 e. The van der Waals surface area contributed by atoms with Gasteiger partial charge < -0.3 is 9.64 Å². The van der Waals surface area contributed by atoms with Gasteiger partial charge in [-0.2, -0.15) is 17.5 Å². The van der Waals surface area contributed by atoms with Crippen LogP contribution < -0.4 is 0 Å². The number of aryl methyl sites for hydroxylation is 1. The summed E-state index contributed by atoms with van der Waals surface area (Å²) >= 11 is 0. The number of amides is 1. The Morgan fingerprint density at radius 1 is 0.968 bits per heavy atom. The topological polar surface area (TPSA) is 66.9 Å². The number of ether oxygens (including phenoxy) is 1. The summed E-state index contributed by atoms with van der Waals surface area (Å²) in [6, 6.07) is 12.8. The molecular formula is C21H23F3N2O4S. The molecule has 3 rings (SSSR count). The molecule has 6 nitrogen and oxygen atoms in total. The molecule has 1 heterocycles. The van der Waals surface area contributed by atoms with E-state index in [9.17, 15) is 26.4 Å². The van der Waals surface area contributed by atoms with Gasteiger partial charge in [0, 0.05) is 31.7 Å². The number of piperazine rings is 1. The Morgan fingerprint density at radius 2 is 1.55 bits per heavy atom. The predicted octanol–water partition coefficient (Wildman–Crippen LogP) is 3.22. The molecule has 0 atom stereocenters. The van der Waals surface area contributed by atoms with Crippen LogP contribution in [0.25, 0.3) is 0 Å². The van der Waals surface area contributed by atoms with Crippen LogP contribution in [0, 0.1) is 6.92 Å². The van der Waals surface area contributed by atoms with Gasteiger partial charge in [0.15, 0.2) is 0 Å². The third-order valence-electron chi connectivity index (χ3n) is 4.92. The monoisotopic (exact) mass is 456 g/mol. The molecule has 0 saturated carbocycles. The average molecular weight is 456 g/mol. The molecule has 168 valence electrons. The zero-order chi connectivity index (χ0) is 22.6. The second kappa shape index (κ2) is 9.37. The van der Waals surface area contributed by atoms with Crippen LogP contribution in [0.1, 0.15) is 21.5 Å². The lowest BCUT2D eigenvalue weighted by Crippen LogP contribution is -2.50. The Labute approximate surface area is 179 Å². The van der Waals surface area contributed by atoms with Gasteiger partial charge in [-0.15, -0.1) is 0 Å². The van der Waals surface area contributed by atoms with Crippen molar-refractivity contribution in [3.63, 3.8) is 0 Å². The summed E-state index contributed by atoms with van der Waals surface area (Å²) < 4.78 is 67.9. The molecule has 0 spiro atoms. The summed E-state index contributed by atoms with van der Waals surface area (Å²) in [6.07, 6.45) is -4.38. The van der Waals surface area contributed by atoms with Gasteiger partial charge in [0.1, 0.15) is 6.61 Å². The van der Waals surface area contributed by atoms with Crippen LogP contribution in [0.5, 0.6) is 0 Å². The number of hydrogen-bond donors (Lipinski definition) is 0. The number of rotatable bonds is 6. The minimum Gasteiger partial charge on any atom is -0.367 e. The first-order valence-electron chi connectivity index (χ1n) is 9.66. The highest BCUT2D eigenvalue weighted by molar-refractivity contribution is 7.89. The minimum absolute atomic E-state index is 0.186. The standard InChI is InChI=1S/C21H23F3N2O4S/c1-16-2-8-19(9-3-16)31(28,29)26-12-10-25(11-13-26)20(27)18-6-4-17(5-7-18)14-30-15-21(22,23)24/h2-9H,10-15H2,1H3. The summed E-state index contributed by atoms with van der Waals surface area (Å²) in [6.45, 7) is 1.22. The summed E-state index contributed by atoms with van der Waals surface area (Å²) in [5, 5.41) is 0. The first kappa shape index (κ1) is 23.2. The fourth-order valence-electron chi connectivity index (χ4n) is 3.20. The number of nitrogens with zero attached hydrogens (tertiary/aromatic N) is 2. The summed E-state index contributed by atoms with van der Waals surface area (Å²) in [5.41, 5.74) is 1.87. The highest BCUT2D eigenvalue weighted by atomic mass is 32.2. The lowest BCUT2D eigenvalue weighted by molar-refractivity contribution is -0.176. The van der Waals surface area contributed by atoms with Crippen molar-refractivity contribution in [1.29, 1.82) is 0 Å². The molecule has 0 unspecified atom stereocenters. The molecule has 1 aliphatic rings. The molecular weight excluding hydrogens is 433 g/mol. The second-order valence-corrected chi connectivity index (χ2v) is 9.25. The van der Waals surface area contributed by atoms with Crippen molar-refractivity contribution in [2.45, 2.75) is 24.6 Å². The highest BCUT2D eigenvalue weighted by Gasteiger charge is 2.30. The largest absolute Gasteiger partial charge is 0.411 e. The van der Waals surface area contributed by atoms with Crippen LogP contribution in [0.2, 0.25) is 0 Å². The van der Waals surface area contributed by atoms with Crippen molar-refractivity contribution in [2.24, 2.45) is 0 Å². The van der Waals surface area contributed by atoms with Crippen molar-refractivity contribution in [1.82, 2.24) is 9.21 Å². The third kappa shape index (κ3) is 6.05. The molecule has 0 aromatic heterocycles. The van der Waals surface area contributed by atoms with E-state index < -0.39 is 22.8 Å². The number of hydrogen-bond acceptors (Lipinski definition) is 4. The smallest absolute Gasteiger partial charge is 0.367 e. The van der Waals surface area contributed by atoms with Crippen LogP contribution in [0.4, 0.5) is 13.2 Å². The van der Waals surface area contributed by atoms with Crippen LogP contribution in [-0.2, 0) is 21.4 Å². The van der Waals surface area contributed by atoms with Crippen LogP contribution in [-0.4, -0.2) is 62.5 Å². The Bertz CT molecular complexity index is 998. The number of benzene rings is 2. The molecule has 1 fully saturated rings. The summed E-state index contributed by atoms with van der Waals surface area (Å²) in [4.78, 5) is 14.5. The molecule has 1 saturated heterocycles. The van der Waals surface area contributed by atoms with Gasteiger partial charge in [-0.1, -0.05) is 29.8 Å². The second-order valence-electron chi connectivity index (χ2n) is 7.31. The van der Waals surface area contributed by atoms with E-state index in [0.717, 1.165) is 5.56 Å². The quantitative estimate of drug-likeness (QED) is 0.670. The minimum atomic E-state index is -4.38. The summed E-state index contributed by atoms with van der Waals surface area (Å²) in [7, 11) is -3.62. The molecule has 1 aliphatic heterocycles. The van der Waals surface area contributed by atoms with Gasteiger partial charge in [-0.25, -0.2) is 8.42 Å². The van der Waals surface area contributed by atoms with E-state index in [1.54, 1.807) is 41.3 Å². The summed E-state index contributed by atoms with van der Waals surface area (Å²) in [5.74, 6) is -0.254. The van der Waals surface area contributed by atoms with Crippen molar-refractivity contribution < 1.29 is 31.1 Å². The number of carbonyl (C=O) groups excluding carboxylic acids is 1. The van der Waals surface area contributed by atoms with Crippen LogP contribution in [0.3, 0.4) is 0 Å². The van der Waals surface area contributed by atoms with E-state index in [-0.39, 0.29) is 43.6 Å². The molecule has 2 aromatic carbocycles. The maximum atomic E-state index is 12.8. The van der Waals surface area contributed by atoms with E-state index in [2.05, 4.69) is 4.74 Å². The van der Waals surface area contributed by atoms with Crippen molar-refractivity contribution >= 4 is 15.9 Å². The van der Waals surface area contributed by atoms with E-state index in [1.807, 2.05) is 6.92 Å². The first-order valence-corrected chi connectivity index (χ1v) is 11.1. The van der Waals surface area contributed by atoms with E-state index in [0.29, 0.717) is 11.1 Å². The fraction of sp³-hybridized carbons (Fsp3) is 0.381. The number of alkyl halides is 3. The van der Waals surface area contributed by atoms with Crippen molar-refractivity contribution in [3.05, 3.63) is 65.2 Å². The zero-order valence-electron chi connectivity index (χ0n) is 16.9. The molecule has 0 radical (unpaired) electrons. The number of sulfonamides is 1. The van der Waals surface area contributed by atoms with Gasteiger partial charge >= 0.3 is 6.18 Å². The van der Waals surface area contributed by atoms with Gasteiger partial charge in [-0.05, 0) is 36.8 Å². The van der Waals surface area contributed by atoms with Crippen LogP contribution in [0.15, 0.2) is 53.4 Å². The van der Waals surface area contributed by atoms with E-state index >= 15 is 0 Å². The lowest BCUT2D eigenvalue weighted by Gasteiger charge is -2.34. The van der Waals surface area contributed by atoms with Crippen LogP contribution >= 0.6 is 0 Å². The van der Waals surface area contributed by atoms with Crippen molar-refractivity contribution in [3.8, 4) is 0 Å². The predicted molar refractivity (Wildman–Crippen MR) is 108 cm³/mol. The molecule has 0 bridgehead atoms. The van der Waals surface area contributed by atoms with Gasteiger partial charge in [-0.3, -0.25) is 4.79 Å². The molecule has 0 N–H and O–H groups in total.